The van der Waals surface area contributed by atoms with Crippen LogP contribution in [0.25, 0.3) is 0 Å². The molecule has 0 aliphatic heterocycles. The molecule has 0 atom stereocenters. The number of esters is 2. The molecule has 200 valence electrons. The van der Waals surface area contributed by atoms with E-state index < -0.39 is 0 Å². The number of carbonyl (C=O) groups excluding carboxylic acids is 2. The summed E-state index contributed by atoms with van der Waals surface area (Å²) in [5, 5.41) is 0. The molecule has 0 unspecified atom stereocenters. The second-order valence-electron chi connectivity index (χ2n) is 12.3. The van der Waals surface area contributed by atoms with Crippen LogP contribution in [-0.4, -0.2) is 25.2 Å². The Labute approximate surface area is 211 Å². The van der Waals surface area contributed by atoms with Gasteiger partial charge >= 0.3 is 11.9 Å². The van der Waals surface area contributed by atoms with Crippen molar-refractivity contribution in [3.05, 3.63) is 0 Å². The molecule has 0 radical (unpaired) electrons. The van der Waals surface area contributed by atoms with Crippen molar-refractivity contribution >= 4 is 11.9 Å². The van der Waals surface area contributed by atoms with Crippen LogP contribution in [0.15, 0.2) is 0 Å². The highest BCUT2D eigenvalue weighted by molar-refractivity contribution is 5.75. The van der Waals surface area contributed by atoms with Crippen molar-refractivity contribution in [3.63, 3.8) is 0 Å². The largest absolute Gasteiger partial charge is 0.465 e. The van der Waals surface area contributed by atoms with Crippen molar-refractivity contribution in [3.8, 4) is 0 Å². The van der Waals surface area contributed by atoms with E-state index in [1.54, 1.807) is 0 Å². The topological polar surface area (TPSA) is 52.6 Å². The summed E-state index contributed by atoms with van der Waals surface area (Å²) in [6.45, 7) is 14.8. The van der Waals surface area contributed by atoms with Gasteiger partial charge in [0.1, 0.15) is 0 Å². The average molecular weight is 481 g/mol. The lowest BCUT2D eigenvalue weighted by atomic mass is 9.82. The smallest absolute Gasteiger partial charge is 0.308 e. The summed E-state index contributed by atoms with van der Waals surface area (Å²) in [6, 6.07) is 0. The first-order valence-corrected chi connectivity index (χ1v) is 14.4. The lowest BCUT2D eigenvalue weighted by molar-refractivity contribution is -0.155. The highest BCUT2D eigenvalue weighted by Gasteiger charge is 2.31. The summed E-state index contributed by atoms with van der Waals surface area (Å²) in [4.78, 5) is 24.9. The molecule has 1 saturated carbocycles. The lowest BCUT2D eigenvalue weighted by Gasteiger charge is -2.27. The summed E-state index contributed by atoms with van der Waals surface area (Å²) in [6.07, 6.45) is 17.2. The lowest BCUT2D eigenvalue weighted by Crippen LogP contribution is -2.28. The molecule has 0 heterocycles. The highest BCUT2D eigenvalue weighted by atomic mass is 16.5. The van der Waals surface area contributed by atoms with Gasteiger partial charge in [-0.3, -0.25) is 9.59 Å². The van der Waals surface area contributed by atoms with E-state index in [0.717, 1.165) is 51.4 Å². The van der Waals surface area contributed by atoms with Crippen molar-refractivity contribution in [2.24, 2.45) is 22.7 Å². The maximum absolute atomic E-state index is 12.5. The van der Waals surface area contributed by atoms with E-state index in [1.165, 1.54) is 51.4 Å². The van der Waals surface area contributed by atoms with E-state index in [-0.39, 0.29) is 23.8 Å². The van der Waals surface area contributed by atoms with Crippen molar-refractivity contribution in [2.45, 2.75) is 144 Å². The van der Waals surface area contributed by atoms with Gasteiger partial charge in [-0.1, -0.05) is 80.1 Å². The summed E-state index contributed by atoms with van der Waals surface area (Å²) in [5.41, 5.74) is 0.648. The van der Waals surface area contributed by atoms with Gasteiger partial charge in [0.2, 0.25) is 0 Å². The molecule has 4 heteroatoms. The molecule has 1 aliphatic carbocycles. The van der Waals surface area contributed by atoms with Gasteiger partial charge in [-0.2, -0.15) is 0 Å². The van der Waals surface area contributed by atoms with Crippen LogP contribution in [0.4, 0.5) is 0 Å². The predicted molar refractivity (Wildman–Crippen MR) is 142 cm³/mol. The molecule has 0 spiro atoms. The monoisotopic (exact) mass is 480 g/mol. The van der Waals surface area contributed by atoms with Gasteiger partial charge in [0.05, 0.1) is 25.0 Å². The van der Waals surface area contributed by atoms with Crippen LogP contribution in [0.3, 0.4) is 0 Å². The average Bonchev–Trinajstić information content (AvgIpc) is 2.79. The Hall–Kier alpha value is -1.06. The molecule has 0 aromatic rings. The second-order valence-corrected chi connectivity index (χ2v) is 12.3. The number of hydrogen-bond donors (Lipinski definition) is 0. The fraction of sp³-hybridized carbons (Fsp3) is 0.933. The Morgan fingerprint density at radius 3 is 1.24 bits per heavy atom. The molecule has 1 fully saturated rings. The third-order valence-corrected chi connectivity index (χ3v) is 7.79. The summed E-state index contributed by atoms with van der Waals surface area (Å²) in [7, 11) is 0. The van der Waals surface area contributed by atoms with Crippen LogP contribution in [0.1, 0.15) is 144 Å². The van der Waals surface area contributed by atoms with E-state index in [4.69, 9.17) is 9.47 Å². The Kier molecular flexibility index (Phi) is 15.1. The van der Waals surface area contributed by atoms with Gasteiger partial charge in [0, 0.05) is 0 Å². The Balaban J connectivity index is 2.17. The van der Waals surface area contributed by atoms with E-state index in [2.05, 4.69) is 41.5 Å². The molecular formula is C30H56O4. The predicted octanol–water partition coefficient (Wildman–Crippen LogP) is 8.65. The van der Waals surface area contributed by atoms with Crippen LogP contribution in [0.5, 0.6) is 0 Å². The summed E-state index contributed by atoms with van der Waals surface area (Å²) < 4.78 is 11.2. The molecule has 0 bridgehead atoms. The van der Waals surface area contributed by atoms with Crippen LogP contribution < -0.4 is 0 Å². The molecular weight excluding hydrogens is 424 g/mol. The SMILES string of the molecule is CCCCCC(C)(C)CCCOC(=O)C1CCC(C(=O)OCCCC(C)(C)CCCCC)CC1. The zero-order valence-corrected chi connectivity index (χ0v) is 23.5. The zero-order valence-electron chi connectivity index (χ0n) is 23.5. The van der Waals surface area contributed by atoms with Crippen LogP contribution in [0, 0.1) is 22.7 Å². The minimum Gasteiger partial charge on any atom is -0.465 e. The van der Waals surface area contributed by atoms with Crippen LogP contribution in [0.2, 0.25) is 0 Å². The number of ether oxygens (including phenoxy) is 2. The van der Waals surface area contributed by atoms with Crippen LogP contribution >= 0.6 is 0 Å². The van der Waals surface area contributed by atoms with E-state index in [9.17, 15) is 9.59 Å². The zero-order chi connectivity index (χ0) is 25.5. The molecule has 0 aromatic carbocycles. The standard InChI is InChI=1S/C30H56O4/c1-7-9-11-19-29(3,4)21-13-23-33-27(31)25-15-17-26(18-16-25)28(32)34-24-14-22-30(5,6)20-12-10-8-2/h25-26H,7-24H2,1-6H3. The molecule has 0 saturated heterocycles. The first-order chi connectivity index (χ1) is 16.1. The van der Waals surface area contributed by atoms with Gasteiger partial charge in [-0.05, 0) is 75.0 Å². The van der Waals surface area contributed by atoms with E-state index in [0.29, 0.717) is 24.0 Å². The quantitative estimate of drug-likeness (QED) is 0.145. The van der Waals surface area contributed by atoms with Gasteiger partial charge in [-0.25, -0.2) is 0 Å². The van der Waals surface area contributed by atoms with Gasteiger partial charge in [0.15, 0.2) is 0 Å². The molecule has 0 aromatic heterocycles. The first kappa shape index (κ1) is 31.0. The third-order valence-electron chi connectivity index (χ3n) is 7.79. The molecule has 0 amide bonds. The summed E-state index contributed by atoms with van der Waals surface area (Å²) >= 11 is 0. The molecule has 1 aliphatic rings. The third kappa shape index (κ3) is 13.7. The van der Waals surface area contributed by atoms with Gasteiger partial charge in [-0.15, -0.1) is 0 Å². The maximum atomic E-state index is 12.5. The van der Waals surface area contributed by atoms with E-state index in [1.807, 2.05) is 0 Å². The van der Waals surface area contributed by atoms with Crippen LogP contribution in [-0.2, 0) is 19.1 Å². The molecule has 4 nitrogen and oxygen atoms in total. The molecule has 1 rings (SSSR count). The van der Waals surface area contributed by atoms with Crippen molar-refractivity contribution in [2.75, 3.05) is 13.2 Å². The molecule has 0 N–H and O–H groups in total. The highest BCUT2D eigenvalue weighted by Crippen LogP contribution is 2.32. The Morgan fingerprint density at radius 2 is 0.912 bits per heavy atom. The fourth-order valence-corrected chi connectivity index (χ4v) is 5.20. The minimum atomic E-state index is -0.0686. The Morgan fingerprint density at radius 1 is 0.588 bits per heavy atom. The van der Waals surface area contributed by atoms with Crippen molar-refractivity contribution < 1.29 is 19.1 Å². The number of carbonyl (C=O) groups is 2. The number of hydrogen-bond acceptors (Lipinski definition) is 4. The van der Waals surface area contributed by atoms with Crippen molar-refractivity contribution in [1.82, 2.24) is 0 Å². The summed E-state index contributed by atoms with van der Waals surface area (Å²) in [5.74, 6) is -0.238. The van der Waals surface area contributed by atoms with Crippen molar-refractivity contribution in [1.29, 1.82) is 0 Å². The number of unbranched alkanes of at least 4 members (excludes halogenated alkanes) is 4. The van der Waals surface area contributed by atoms with E-state index >= 15 is 0 Å². The Bertz CT molecular complexity index is 508. The number of rotatable bonds is 18. The first-order valence-electron chi connectivity index (χ1n) is 14.4. The van der Waals surface area contributed by atoms with Gasteiger partial charge < -0.3 is 9.47 Å². The second kappa shape index (κ2) is 16.6. The minimum absolute atomic E-state index is 0.0504. The van der Waals surface area contributed by atoms with Gasteiger partial charge in [0.25, 0.3) is 0 Å². The fourth-order valence-electron chi connectivity index (χ4n) is 5.20. The maximum Gasteiger partial charge on any atom is 0.308 e. The normalized spacial score (nSPS) is 19.1. The molecule has 34 heavy (non-hydrogen) atoms.